The number of carbonyl (C=O) groups excluding carboxylic acids is 1. The highest BCUT2D eigenvalue weighted by Gasteiger charge is 2.24. The van der Waals surface area contributed by atoms with Crippen LogP contribution in [0.3, 0.4) is 0 Å². The van der Waals surface area contributed by atoms with Gasteiger partial charge in [-0.05, 0) is 19.3 Å². The van der Waals surface area contributed by atoms with Crippen LogP contribution in [-0.4, -0.2) is 19.0 Å². The van der Waals surface area contributed by atoms with Crippen molar-refractivity contribution in [1.29, 1.82) is 0 Å². The highest BCUT2D eigenvalue weighted by atomic mass is 16.1. The summed E-state index contributed by atoms with van der Waals surface area (Å²) < 4.78 is 0. The van der Waals surface area contributed by atoms with E-state index in [1.54, 1.807) is 0 Å². The van der Waals surface area contributed by atoms with E-state index in [0.717, 1.165) is 6.54 Å². The molecule has 1 amide bonds. The van der Waals surface area contributed by atoms with Gasteiger partial charge in [-0.25, -0.2) is 0 Å². The SMILES string of the molecule is CC(C)(C)CNCC(C)(C)C(N)=O. The monoisotopic (exact) mass is 186 g/mol. The summed E-state index contributed by atoms with van der Waals surface area (Å²) in [6, 6.07) is 0. The first-order valence-corrected chi connectivity index (χ1v) is 4.66. The lowest BCUT2D eigenvalue weighted by Crippen LogP contribution is -2.42. The average Bonchev–Trinajstić information content (AvgIpc) is 1.82. The number of carbonyl (C=O) groups is 1. The summed E-state index contributed by atoms with van der Waals surface area (Å²) in [6.45, 7) is 11.7. The fraction of sp³-hybridized carbons (Fsp3) is 0.900. The maximum atomic E-state index is 11.0. The maximum absolute atomic E-state index is 11.0. The molecule has 0 aromatic carbocycles. The lowest BCUT2D eigenvalue weighted by atomic mass is 9.91. The van der Waals surface area contributed by atoms with Crippen LogP contribution in [0.2, 0.25) is 0 Å². The van der Waals surface area contributed by atoms with Crippen molar-refractivity contribution < 1.29 is 4.79 Å². The first-order valence-electron chi connectivity index (χ1n) is 4.66. The molecule has 0 fully saturated rings. The Morgan fingerprint density at radius 3 is 1.92 bits per heavy atom. The zero-order chi connectivity index (χ0) is 10.7. The van der Waals surface area contributed by atoms with E-state index >= 15 is 0 Å². The lowest BCUT2D eigenvalue weighted by Gasteiger charge is -2.25. The van der Waals surface area contributed by atoms with Gasteiger partial charge in [0.05, 0.1) is 5.41 Å². The molecule has 0 aliphatic rings. The molecule has 0 aliphatic carbocycles. The number of hydrogen-bond donors (Lipinski definition) is 2. The first kappa shape index (κ1) is 12.4. The second-order valence-corrected chi connectivity index (χ2v) is 5.41. The van der Waals surface area contributed by atoms with Crippen LogP contribution in [0.25, 0.3) is 0 Å². The highest BCUT2D eigenvalue weighted by molar-refractivity contribution is 5.80. The third-order valence-electron chi connectivity index (χ3n) is 1.89. The van der Waals surface area contributed by atoms with E-state index in [1.807, 2.05) is 13.8 Å². The van der Waals surface area contributed by atoms with Gasteiger partial charge in [0.2, 0.25) is 5.91 Å². The normalized spacial score (nSPS) is 13.0. The van der Waals surface area contributed by atoms with Gasteiger partial charge >= 0.3 is 0 Å². The van der Waals surface area contributed by atoms with Gasteiger partial charge in [-0.15, -0.1) is 0 Å². The third-order valence-corrected chi connectivity index (χ3v) is 1.89. The summed E-state index contributed by atoms with van der Waals surface area (Å²) in [5.74, 6) is -0.256. The summed E-state index contributed by atoms with van der Waals surface area (Å²) in [5.41, 5.74) is 5.03. The Labute approximate surface area is 81.1 Å². The molecule has 0 saturated carbocycles. The topological polar surface area (TPSA) is 55.1 Å². The van der Waals surface area contributed by atoms with Gasteiger partial charge in [0.1, 0.15) is 0 Å². The van der Waals surface area contributed by atoms with Crippen LogP contribution in [0.15, 0.2) is 0 Å². The summed E-state index contributed by atoms with van der Waals surface area (Å²) in [4.78, 5) is 11.0. The minimum atomic E-state index is -0.453. The third kappa shape index (κ3) is 5.64. The van der Waals surface area contributed by atoms with E-state index in [2.05, 4.69) is 26.1 Å². The predicted molar refractivity (Wildman–Crippen MR) is 55.3 cm³/mol. The molecule has 0 atom stereocenters. The molecule has 0 aromatic rings. The number of nitrogens with two attached hydrogens (primary N) is 1. The van der Waals surface area contributed by atoms with Crippen molar-refractivity contribution in [2.45, 2.75) is 34.6 Å². The van der Waals surface area contributed by atoms with Crippen molar-refractivity contribution in [3.05, 3.63) is 0 Å². The fourth-order valence-electron chi connectivity index (χ4n) is 0.837. The van der Waals surface area contributed by atoms with Crippen LogP contribution in [-0.2, 0) is 4.79 Å². The van der Waals surface area contributed by atoms with Gasteiger partial charge in [-0.1, -0.05) is 20.8 Å². The van der Waals surface area contributed by atoms with E-state index in [-0.39, 0.29) is 11.3 Å². The second-order valence-electron chi connectivity index (χ2n) is 5.41. The van der Waals surface area contributed by atoms with Crippen molar-refractivity contribution in [2.24, 2.45) is 16.6 Å². The Bertz CT molecular complexity index is 180. The van der Waals surface area contributed by atoms with Gasteiger partial charge in [-0.2, -0.15) is 0 Å². The Balaban J connectivity index is 3.84. The van der Waals surface area contributed by atoms with Crippen molar-refractivity contribution in [1.82, 2.24) is 5.32 Å². The molecule has 13 heavy (non-hydrogen) atoms. The van der Waals surface area contributed by atoms with E-state index in [0.29, 0.717) is 6.54 Å². The van der Waals surface area contributed by atoms with Crippen LogP contribution in [0.4, 0.5) is 0 Å². The van der Waals surface area contributed by atoms with E-state index in [4.69, 9.17) is 5.73 Å². The minimum absolute atomic E-state index is 0.244. The largest absolute Gasteiger partial charge is 0.369 e. The summed E-state index contributed by atoms with van der Waals surface area (Å²) >= 11 is 0. The molecule has 0 unspecified atom stereocenters. The van der Waals surface area contributed by atoms with Crippen molar-refractivity contribution in [3.8, 4) is 0 Å². The maximum Gasteiger partial charge on any atom is 0.224 e. The molecule has 78 valence electrons. The number of primary amides is 1. The molecule has 3 N–H and O–H groups in total. The van der Waals surface area contributed by atoms with Crippen LogP contribution in [0.5, 0.6) is 0 Å². The number of amides is 1. The number of nitrogens with one attached hydrogen (secondary N) is 1. The lowest BCUT2D eigenvalue weighted by molar-refractivity contribution is -0.125. The van der Waals surface area contributed by atoms with Gasteiger partial charge < -0.3 is 11.1 Å². The molecule has 3 nitrogen and oxygen atoms in total. The van der Waals surface area contributed by atoms with Crippen molar-refractivity contribution >= 4 is 5.91 Å². The predicted octanol–water partition coefficient (Wildman–Crippen LogP) is 1.13. The van der Waals surface area contributed by atoms with E-state index in [1.165, 1.54) is 0 Å². The van der Waals surface area contributed by atoms with Crippen LogP contribution >= 0.6 is 0 Å². The Hall–Kier alpha value is -0.570. The minimum Gasteiger partial charge on any atom is -0.369 e. The zero-order valence-electron chi connectivity index (χ0n) is 9.40. The van der Waals surface area contributed by atoms with Crippen molar-refractivity contribution in [3.63, 3.8) is 0 Å². The molecular weight excluding hydrogens is 164 g/mol. The molecule has 0 spiro atoms. The van der Waals surface area contributed by atoms with Crippen LogP contribution in [0, 0.1) is 10.8 Å². The van der Waals surface area contributed by atoms with E-state index < -0.39 is 5.41 Å². The second kappa shape index (κ2) is 4.09. The first-order chi connectivity index (χ1) is 5.65. The Morgan fingerprint density at radius 1 is 1.15 bits per heavy atom. The van der Waals surface area contributed by atoms with Crippen LogP contribution < -0.4 is 11.1 Å². The van der Waals surface area contributed by atoms with Gasteiger partial charge in [0.15, 0.2) is 0 Å². The molecule has 0 aliphatic heterocycles. The molecule has 0 aromatic heterocycles. The van der Waals surface area contributed by atoms with Gasteiger partial charge in [0.25, 0.3) is 0 Å². The summed E-state index contributed by atoms with van der Waals surface area (Å²) in [6.07, 6.45) is 0. The molecule has 0 rings (SSSR count). The van der Waals surface area contributed by atoms with Crippen LogP contribution in [0.1, 0.15) is 34.6 Å². The molecular formula is C10H22N2O. The molecule has 0 saturated heterocycles. The summed E-state index contributed by atoms with van der Waals surface area (Å²) in [5, 5.41) is 3.25. The molecule has 0 bridgehead atoms. The van der Waals surface area contributed by atoms with Gasteiger partial charge in [-0.3, -0.25) is 4.79 Å². The van der Waals surface area contributed by atoms with E-state index in [9.17, 15) is 4.79 Å². The standard InChI is InChI=1S/C10H22N2O/c1-9(2,3)6-12-7-10(4,5)8(11)13/h12H,6-7H2,1-5H3,(H2,11,13). The molecule has 3 heteroatoms. The highest BCUT2D eigenvalue weighted by Crippen LogP contribution is 2.14. The summed E-state index contributed by atoms with van der Waals surface area (Å²) in [7, 11) is 0. The number of hydrogen-bond acceptors (Lipinski definition) is 2. The average molecular weight is 186 g/mol. The Kier molecular flexibility index (Phi) is 3.91. The van der Waals surface area contributed by atoms with Crippen molar-refractivity contribution in [2.75, 3.05) is 13.1 Å². The zero-order valence-corrected chi connectivity index (χ0v) is 9.40. The smallest absolute Gasteiger partial charge is 0.224 e. The number of rotatable bonds is 4. The van der Waals surface area contributed by atoms with Gasteiger partial charge in [0, 0.05) is 13.1 Å². The Morgan fingerprint density at radius 2 is 1.62 bits per heavy atom. The quantitative estimate of drug-likeness (QED) is 0.691. The molecule has 0 radical (unpaired) electrons. The fourth-order valence-corrected chi connectivity index (χ4v) is 0.837. The molecule has 0 heterocycles.